The summed E-state index contributed by atoms with van der Waals surface area (Å²) in [5.74, 6) is -1.46. The zero-order valence-electron chi connectivity index (χ0n) is 42.3. The minimum absolute atomic E-state index is 0.328. The van der Waals surface area contributed by atoms with Gasteiger partial charge in [0.1, 0.15) is 0 Å². The third-order valence-corrected chi connectivity index (χ3v) is 15.6. The van der Waals surface area contributed by atoms with Crippen LogP contribution in [-0.2, 0) is 0 Å². The second kappa shape index (κ2) is 16.9. The van der Waals surface area contributed by atoms with E-state index in [4.69, 9.17) is 0 Å². The predicted molar refractivity (Wildman–Crippen MR) is 298 cm³/mol. The van der Waals surface area contributed by atoms with Gasteiger partial charge in [0, 0.05) is 41.2 Å². The highest BCUT2D eigenvalue weighted by Crippen LogP contribution is 2.44. The second-order valence-corrected chi connectivity index (χ2v) is 19.9. The summed E-state index contributed by atoms with van der Waals surface area (Å²) in [6.07, 6.45) is 0. The monoisotopic (exact) mass is 995 g/mol. The second-order valence-electron chi connectivity index (χ2n) is 19.9. The highest BCUT2D eigenvalue weighted by atomic mass is 16.2. The molecular formula is C66H41N7O4. The molecule has 2 aliphatic heterocycles. The van der Waals surface area contributed by atoms with E-state index in [1.807, 2.05) is 122 Å². The number of benzene rings is 9. The van der Waals surface area contributed by atoms with E-state index in [2.05, 4.69) is 59.2 Å². The molecule has 9 aromatic carbocycles. The number of carbonyl (C=O) groups is 4. The number of nitriles is 3. The molecule has 0 saturated heterocycles. The molecule has 0 radical (unpaired) electrons. The van der Waals surface area contributed by atoms with Crippen molar-refractivity contribution in [2.75, 3.05) is 14.1 Å². The number of aromatic nitrogens is 2. The van der Waals surface area contributed by atoms with Crippen molar-refractivity contribution in [1.82, 2.24) is 18.9 Å². The van der Waals surface area contributed by atoms with Crippen LogP contribution < -0.4 is 0 Å². The Morgan fingerprint density at radius 3 is 1.10 bits per heavy atom. The van der Waals surface area contributed by atoms with Gasteiger partial charge in [0.15, 0.2) is 0 Å². The van der Waals surface area contributed by atoms with Gasteiger partial charge in [0.2, 0.25) is 0 Å². The molecule has 0 fully saturated rings. The smallest absolute Gasteiger partial charge is 0.263 e. The van der Waals surface area contributed by atoms with Crippen molar-refractivity contribution in [3.8, 4) is 74.1 Å². The Hall–Kier alpha value is -10.7. The fraction of sp³-hybridized carbons (Fsp3) is 0.0758. The lowest BCUT2D eigenvalue weighted by Gasteiger charge is -2.14. The molecule has 11 heteroatoms. The number of hydrogen-bond donors (Lipinski definition) is 0. The maximum atomic E-state index is 13.8. The average molecular weight is 996 g/mol. The fourth-order valence-corrected chi connectivity index (χ4v) is 11.8. The molecule has 0 aliphatic carbocycles. The molecule has 13 rings (SSSR count). The molecule has 0 saturated carbocycles. The van der Waals surface area contributed by atoms with E-state index in [0.717, 1.165) is 109 Å². The first-order valence-corrected chi connectivity index (χ1v) is 24.9. The highest BCUT2D eigenvalue weighted by Gasteiger charge is 2.37. The lowest BCUT2D eigenvalue weighted by atomic mass is 9.90. The van der Waals surface area contributed by atoms with Gasteiger partial charge in [-0.3, -0.25) is 29.0 Å². The summed E-state index contributed by atoms with van der Waals surface area (Å²) in [5, 5.41) is 33.7. The Morgan fingerprint density at radius 2 is 0.727 bits per heavy atom. The van der Waals surface area contributed by atoms with Crippen LogP contribution in [0.3, 0.4) is 0 Å². The van der Waals surface area contributed by atoms with Crippen LogP contribution in [0.25, 0.3) is 99.5 Å². The van der Waals surface area contributed by atoms with Crippen LogP contribution in [0, 0.1) is 54.8 Å². The Kier molecular flexibility index (Phi) is 10.2. The van der Waals surface area contributed by atoms with Gasteiger partial charge in [-0.05, 0) is 186 Å². The van der Waals surface area contributed by atoms with Crippen LogP contribution in [0.15, 0.2) is 158 Å². The molecule has 0 spiro atoms. The molecule has 0 bridgehead atoms. The number of nitrogens with zero attached hydrogens (tertiary/aromatic N) is 7. The third-order valence-electron chi connectivity index (χ3n) is 15.6. The SMILES string of the molecule is Cc1cc(C#N)ccc1-c1ccc2c(c1)c1cc(-c3cc(-c4ccc5c(c4)c4cc(-c6ccc(C#N)cc6C)ccc4n5-c4cccc5c4C(=O)N(C)C5=O)c(C#N)cc3C)ccc1n2-c1cccc2c1C(=O)N(C)C2=O. The number of amides is 4. The predicted octanol–water partition coefficient (Wildman–Crippen LogP) is 13.5. The zero-order chi connectivity index (χ0) is 53.3. The summed E-state index contributed by atoms with van der Waals surface area (Å²) >= 11 is 0. The van der Waals surface area contributed by atoms with E-state index in [-0.39, 0.29) is 23.6 Å². The molecule has 77 heavy (non-hydrogen) atoms. The summed E-state index contributed by atoms with van der Waals surface area (Å²) in [5.41, 5.74) is 17.3. The Morgan fingerprint density at radius 1 is 0.351 bits per heavy atom. The molecule has 2 aliphatic rings. The van der Waals surface area contributed by atoms with Gasteiger partial charge in [-0.2, -0.15) is 15.8 Å². The third kappa shape index (κ3) is 6.73. The number of rotatable bonds is 6. The van der Waals surface area contributed by atoms with Crippen LogP contribution in [0.4, 0.5) is 0 Å². The summed E-state index contributed by atoms with van der Waals surface area (Å²) in [6, 6.07) is 57.7. The lowest BCUT2D eigenvalue weighted by molar-refractivity contribution is 0.0678. The topological polar surface area (TPSA) is 156 Å². The van der Waals surface area contributed by atoms with Crippen molar-refractivity contribution in [3.05, 3.63) is 213 Å². The highest BCUT2D eigenvalue weighted by molar-refractivity contribution is 6.25. The average Bonchev–Trinajstić information content (AvgIpc) is 4.31. The molecule has 364 valence electrons. The van der Waals surface area contributed by atoms with Gasteiger partial charge >= 0.3 is 0 Å². The normalized spacial score (nSPS) is 13.0. The van der Waals surface area contributed by atoms with E-state index in [1.165, 1.54) is 14.1 Å². The van der Waals surface area contributed by atoms with Crippen molar-refractivity contribution in [1.29, 1.82) is 15.8 Å². The van der Waals surface area contributed by atoms with Crippen molar-refractivity contribution in [3.63, 3.8) is 0 Å². The molecule has 0 N–H and O–H groups in total. The summed E-state index contributed by atoms with van der Waals surface area (Å²) in [4.78, 5) is 56.5. The van der Waals surface area contributed by atoms with Gasteiger partial charge in [-0.25, -0.2) is 0 Å². The first kappa shape index (κ1) is 46.1. The molecule has 0 atom stereocenters. The van der Waals surface area contributed by atoms with Gasteiger partial charge in [-0.15, -0.1) is 0 Å². The zero-order valence-corrected chi connectivity index (χ0v) is 42.3. The Balaban J connectivity index is 1.02. The van der Waals surface area contributed by atoms with Crippen LogP contribution in [0.5, 0.6) is 0 Å². The molecule has 4 amide bonds. The van der Waals surface area contributed by atoms with Crippen LogP contribution in [0.1, 0.15) is 74.8 Å². The number of hydrogen-bond acceptors (Lipinski definition) is 7. The standard InChI is InChI=1S/C66H41N7O4/c1-35-24-38(32-67)12-18-45(35)40-14-20-55-51(27-40)53-29-42(16-22-57(53)72(55)59-10-6-8-47-61(59)65(76)70(4)63(47)74)49-31-50(44(34-69)26-37(49)3)43-17-23-58-54(30-43)52-28-41(46-19-13-39(33-68)25-36(46)2)15-21-56(52)73(58)60-11-7-9-48-62(60)66(77)71(5)64(48)75/h6-31H,1-5H3. The Labute approximate surface area is 441 Å². The lowest BCUT2D eigenvalue weighted by Crippen LogP contribution is -2.24. The van der Waals surface area contributed by atoms with Crippen molar-refractivity contribution in [2.45, 2.75) is 20.8 Å². The van der Waals surface area contributed by atoms with E-state index in [9.17, 15) is 35.0 Å². The number of imide groups is 2. The van der Waals surface area contributed by atoms with Crippen LogP contribution in [-0.4, -0.2) is 56.7 Å². The van der Waals surface area contributed by atoms with E-state index < -0.39 is 0 Å². The number of fused-ring (bicyclic) bond motifs is 8. The maximum Gasteiger partial charge on any atom is 0.263 e. The number of carbonyl (C=O) groups excluding carboxylic acids is 4. The summed E-state index contributed by atoms with van der Waals surface area (Å²) in [7, 11) is 3.00. The molecule has 11 nitrogen and oxygen atoms in total. The van der Waals surface area contributed by atoms with Gasteiger partial charge in [0.25, 0.3) is 23.6 Å². The molecule has 4 heterocycles. The number of aryl methyl sites for hydroxylation is 3. The largest absolute Gasteiger partial charge is 0.308 e. The molecule has 2 aromatic heterocycles. The van der Waals surface area contributed by atoms with E-state index in [0.29, 0.717) is 55.9 Å². The van der Waals surface area contributed by atoms with Gasteiger partial charge < -0.3 is 9.13 Å². The Bertz CT molecular complexity index is 4720. The first-order chi connectivity index (χ1) is 37.3. The van der Waals surface area contributed by atoms with Crippen molar-refractivity contribution >= 4 is 67.2 Å². The van der Waals surface area contributed by atoms with Gasteiger partial charge in [-0.1, -0.05) is 48.5 Å². The fourth-order valence-electron chi connectivity index (χ4n) is 11.8. The minimum Gasteiger partial charge on any atom is -0.308 e. The van der Waals surface area contributed by atoms with Gasteiger partial charge in [0.05, 0.1) is 90.6 Å². The quantitative estimate of drug-likeness (QED) is 0.150. The van der Waals surface area contributed by atoms with Crippen molar-refractivity contribution < 1.29 is 19.2 Å². The summed E-state index contributed by atoms with van der Waals surface area (Å²) < 4.78 is 4.09. The summed E-state index contributed by atoms with van der Waals surface area (Å²) in [6.45, 7) is 5.97. The maximum absolute atomic E-state index is 13.8. The van der Waals surface area contributed by atoms with E-state index in [1.54, 1.807) is 24.3 Å². The minimum atomic E-state index is -0.379. The van der Waals surface area contributed by atoms with Crippen LogP contribution >= 0.6 is 0 Å². The molecule has 0 unspecified atom stereocenters. The van der Waals surface area contributed by atoms with Crippen molar-refractivity contribution in [2.24, 2.45) is 0 Å². The molecule has 11 aromatic rings. The molecular weight excluding hydrogens is 955 g/mol. The van der Waals surface area contributed by atoms with Crippen LogP contribution in [0.2, 0.25) is 0 Å². The first-order valence-electron chi connectivity index (χ1n) is 24.9. The van der Waals surface area contributed by atoms with E-state index >= 15 is 0 Å².